The van der Waals surface area contributed by atoms with E-state index in [1.54, 1.807) is 0 Å². The molecule has 1 aromatic rings. The molecule has 156 valence electrons. The lowest BCUT2D eigenvalue weighted by molar-refractivity contribution is -0.904. The number of ether oxygens (including phenoxy) is 1. The summed E-state index contributed by atoms with van der Waals surface area (Å²) in [5.41, 5.74) is -0.245. The number of carbonyl (C=O) groups excluding carboxylic acids is 2. The number of benzene rings is 1. The molecular formula is C21H36N4O3+2. The maximum Gasteiger partial charge on any atom is 0.278 e. The number of nitrogens with zero attached hydrogens (tertiary/aromatic N) is 1. The van der Waals surface area contributed by atoms with E-state index in [1.807, 2.05) is 63.1 Å². The lowest BCUT2D eigenvalue weighted by Gasteiger charge is -2.32. The fourth-order valence-electron chi connectivity index (χ4n) is 3.32. The van der Waals surface area contributed by atoms with E-state index in [-0.39, 0.29) is 17.4 Å². The molecule has 1 unspecified atom stereocenters. The van der Waals surface area contributed by atoms with Crippen LogP contribution in [-0.2, 0) is 9.59 Å². The summed E-state index contributed by atoms with van der Waals surface area (Å²) in [4.78, 5) is 28.8. The van der Waals surface area contributed by atoms with Crippen LogP contribution < -0.4 is 19.9 Å². The number of piperazine rings is 1. The average Bonchev–Trinajstić information content (AvgIpc) is 2.61. The van der Waals surface area contributed by atoms with E-state index < -0.39 is 0 Å². The minimum atomic E-state index is -0.245. The molecule has 1 aromatic carbocycles. The summed E-state index contributed by atoms with van der Waals surface area (Å²) in [6.45, 7) is 11.6. The van der Waals surface area contributed by atoms with Crippen molar-refractivity contribution >= 4 is 11.8 Å². The summed E-state index contributed by atoms with van der Waals surface area (Å²) < 4.78 is 5.76. The molecule has 0 aliphatic carbocycles. The molecule has 1 fully saturated rings. The molecule has 1 aliphatic rings. The van der Waals surface area contributed by atoms with Gasteiger partial charge in [0.15, 0.2) is 13.1 Å². The first-order valence-electron chi connectivity index (χ1n) is 10.1. The fourth-order valence-corrected chi connectivity index (χ4v) is 3.32. The van der Waals surface area contributed by atoms with Crippen molar-refractivity contribution < 1.29 is 24.1 Å². The second-order valence-electron chi connectivity index (χ2n) is 8.65. The Labute approximate surface area is 168 Å². The SMILES string of the molecule is C[NH+](CC(=O)NC(C)(C)C)CC(=O)N1CC[NH+](CCOc2ccccc2)CC1. The Kier molecular flexibility index (Phi) is 8.26. The van der Waals surface area contributed by atoms with Gasteiger partial charge >= 0.3 is 0 Å². The van der Waals surface area contributed by atoms with E-state index >= 15 is 0 Å². The van der Waals surface area contributed by atoms with E-state index in [1.165, 1.54) is 4.90 Å². The predicted molar refractivity (Wildman–Crippen MR) is 109 cm³/mol. The van der Waals surface area contributed by atoms with Gasteiger partial charge in [-0.05, 0) is 32.9 Å². The van der Waals surface area contributed by atoms with Crippen molar-refractivity contribution in [3.63, 3.8) is 0 Å². The fraction of sp³-hybridized carbons (Fsp3) is 0.619. The highest BCUT2D eigenvalue weighted by Gasteiger charge is 2.26. The van der Waals surface area contributed by atoms with E-state index in [0.29, 0.717) is 19.7 Å². The van der Waals surface area contributed by atoms with Crippen LogP contribution in [0.1, 0.15) is 20.8 Å². The smallest absolute Gasteiger partial charge is 0.278 e. The molecule has 1 saturated heterocycles. The highest BCUT2D eigenvalue weighted by Crippen LogP contribution is 2.07. The molecule has 0 radical (unpaired) electrons. The minimum Gasteiger partial charge on any atom is -0.488 e. The van der Waals surface area contributed by atoms with Crippen LogP contribution in [0.15, 0.2) is 30.3 Å². The van der Waals surface area contributed by atoms with Crippen LogP contribution in [-0.4, -0.2) is 81.7 Å². The number of carbonyl (C=O) groups is 2. The predicted octanol–water partition coefficient (Wildman–Crippen LogP) is -1.78. The van der Waals surface area contributed by atoms with Gasteiger partial charge in [-0.25, -0.2) is 0 Å². The van der Waals surface area contributed by atoms with E-state index in [4.69, 9.17) is 4.74 Å². The van der Waals surface area contributed by atoms with Gasteiger partial charge < -0.3 is 24.8 Å². The van der Waals surface area contributed by atoms with Gasteiger partial charge in [0.2, 0.25) is 0 Å². The van der Waals surface area contributed by atoms with E-state index in [2.05, 4.69) is 5.32 Å². The summed E-state index contributed by atoms with van der Waals surface area (Å²) in [6.07, 6.45) is 0. The summed E-state index contributed by atoms with van der Waals surface area (Å²) >= 11 is 0. The number of rotatable bonds is 8. The van der Waals surface area contributed by atoms with E-state index in [0.717, 1.165) is 43.4 Å². The molecule has 7 nitrogen and oxygen atoms in total. The molecule has 0 spiro atoms. The molecule has 1 atom stereocenters. The van der Waals surface area contributed by atoms with Crippen molar-refractivity contribution in [1.29, 1.82) is 0 Å². The van der Waals surface area contributed by atoms with E-state index in [9.17, 15) is 9.59 Å². The lowest BCUT2D eigenvalue weighted by Crippen LogP contribution is -3.15. The van der Waals surface area contributed by atoms with Crippen LogP contribution in [0.4, 0.5) is 0 Å². The van der Waals surface area contributed by atoms with Gasteiger partial charge in [0.25, 0.3) is 11.8 Å². The molecule has 0 saturated carbocycles. The van der Waals surface area contributed by atoms with Crippen LogP contribution in [0.5, 0.6) is 5.75 Å². The van der Waals surface area contributed by atoms with Crippen LogP contribution in [0.2, 0.25) is 0 Å². The molecule has 1 aliphatic heterocycles. The third kappa shape index (κ3) is 8.27. The van der Waals surface area contributed by atoms with Crippen molar-refractivity contribution in [3.05, 3.63) is 30.3 Å². The lowest BCUT2D eigenvalue weighted by atomic mass is 10.1. The maximum absolute atomic E-state index is 12.5. The summed E-state index contributed by atoms with van der Waals surface area (Å²) in [5.74, 6) is 1.00. The molecule has 0 bridgehead atoms. The number of hydrogen-bond donors (Lipinski definition) is 3. The van der Waals surface area contributed by atoms with Crippen molar-refractivity contribution in [2.24, 2.45) is 0 Å². The van der Waals surface area contributed by atoms with Crippen molar-refractivity contribution in [2.45, 2.75) is 26.3 Å². The van der Waals surface area contributed by atoms with Crippen LogP contribution in [0.25, 0.3) is 0 Å². The second kappa shape index (κ2) is 10.4. The van der Waals surface area contributed by atoms with Gasteiger partial charge in [-0.15, -0.1) is 0 Å². The van der Waals surface area contributed by atoms with Gasteiger partial charge in [0.1, 0.15) is 18.9 Å². The molecule has 2 rings (SSSR count). The Bertz CT molecular complexity index is 622. The third-order valence-electron chi connectivity index (χ3n) is 4.72. The number of quaternary nitrogens is 2. The van der Waals surface area contributed by atoms with Gasteiger partial charge in [-0.3, -0.25) is 9.59 Å². The zero-order valence-corrected chi connectivity index (χ0v) is 17.7. The monoisotopic (exact) mass is 392 g/mol. The first kappa shape index (κ1) is 22.2. The van der Waals surface area contributed by atoms with Crippen molar-refractivity contribution in [3.8, 4) is 5.75 Å². The Morgan fingerprint density at radius 3 is 2.39 bits per heavy atom. The first-order valence-corrected chi connectivity index (χ1v) is 10.1. The second-order valence-corrected chi connectivity index (χ2v) is 8.65. The van der Waals surface area contributed by atoms with Crippen LogP contribution in [0.3, 0.4) is 0 Å². The molecule has 2 amide bonds. The maximum atomic E-state index is 12.5. The summed E-state index contributed by atoms with van der Waals surface area (Å²) in [5, 5.41) is 2.94. The molecule has 3 N–H and O–H groups in total. The summed E-state index contributed by atoms with van der Waals surface area (Å²) in [6, 6.07) is 9.85. The molecular weight excluding hydrogens is 356 g/mol. The zero-order chi connectivity index (χ0) is 20.6. The quantitative estimate of drug-likeness (QED) is 0.490. The van der Waals surface area contributed by atoms with Gasteiger partial charge in [-0.1, -0.05) is 18.2 Å². The Balaban J connectivity index is 1.63. The van der Waals surface area contributed by atoms with Gasteiger partial charge in [-0.2, -0.15) is 0 Å². The standard InChI is InChI=1S/C21H34N4O3/c1-21(2,3)22-19(26)16-23(4)17-20(27)25-12-10-24(11-13-25)14-15-28-18-8-6-5-7-9-18/h5-9H,10-17H2,1-4H3,(H,22,26)/p+2. The van der Waals surface area contributed by atoms with Crippen molar-refractivity contribution in [1.82, 2.24) is 10.2 Å². The molecule has 0 aromatic heterocycles. The number of likely N-dealkylation sites (N-methyl/N-ethyl adjacent to an activating group) is 1. The first-order chi connectivity index (χ1) is 13.2. The number of hydrogen-bond acceptors (Lipinski definition) is 3. The molecule has 1 heterocycles. The van der Waals surface area contributed by atoms with Gasteiger partial charge in [0.05, 0.1) is 33.2 Å². The van der Waals surface area contributed by atoms with Crippen molar-refractivity contribution in [2.75, 3.05) is 59.5 Å². The van der Waals surface area contributed by atoms with Crippen LogP contribution in [0, 0.1) is 0 Å². The minimum absolute atomic E-state index is 0.0227. The highest BCUT2D eigenvalue weighted by atomic mass is 16.5. The zero-order valence-electron chi connectivity index (χ0n) is 17.7. The molecule has 7 heteroatoms. The topological polar surface area (TPSA) is 67.5 Å². The summed E-state index contributed by atoms with van der Waals surface area (Å²) in [7, 11) is 1.89. The number of amides is 2. The Morgan fingerprint density at radius 2 is 1.79 bits per heavy atom. The average molecular weight is 393 g/mol. The number of nitrogens with one attached hydrogen (secondary N) is 3. The Morgan fingerprint density at radius 1 is 1.14 bits per heavy atom. The molecule has 28 heavy (non-hydrogen) atoms. The third-order valence-corrected chi connectivity index (χ3v) is 4.72. The van der Waals surface area contributed by atoms with Crippen LogP contribution >= 0.6 is 0 Å². The highest BCUT2D eigenvalue weighted by molar-refractivity contribution is 5.79. The largest absolute Gasteiger partial charge is 0.488 e. The normalized spacial score (nSPS) is 16.5. The Hall–Kier alpha value is -2.12. The number of para-hydroxylation sites is 1. The van der Waals surface area contributed by atoms with Gasteiger partial charge in [0, 0.05) is 5.54 Å².